The summed E-state index contributed by atoms with van der Waals surface area (Å²) in [5.41, 5.74) is 1.13. The first-order chi connectivity index (χ1) is 10.2. The standard InChI is InChI=1S/C17H24N2O2/c20-16-5-1-12(2-6-16)7-8-18-17(21)11-13-9-14-3-4-15(10-13)19-14/h1-2,5-6,13-15,19-20H,3-4,7-11H2,(H,18,21). The zero-order valence-corrected chi connectivity index (χ0v) is 12.3. The molecule has 21 heavy (non-hydrogen) atoms. The summed E-state index contributed by atoms with van der Waals surface area (Å²) in [6.07, 6.45) is 6.35. The van der Waals surface area contributed by atoms with E-state index in [9.17, 15) is 9.90 Å². The highest BCUT2D eigenvalue weighted by molar-refractivity contribution is 5.76. The van der Waals surface area contributed by atoms with Crippen LogP contribution >= 0.6 is 0 Å². The largest absolute Gasteiger partial charge is 0.508 e. The first-order valence-electron chi connectivity index (χ1n) is 7.99. The number of amides is 1. The molecule has 3 rings (SSSR count). The Hall–Kier alpha value is -1.55. The Bertz CT molecular complexity index is 474. The smallest absolute Gasteiger partial charge is 0.220 e. The number of hydrogen-bond acceptors (Lipinski definition) is 3. The maximum atomic E-state index is 12.0. The highest BCUT2D eigenvalue weighted by Gasteiger charge is 2.33. The lowest BCUT2D eigenvalue weighted by atomic mass is 9.89. The fourth-order valence-electron chi connectivity index (χ4n) is 3.69. The number of fused-ring (bicyclic) bond motifs is 2. The number of benzene rings is 1. The van der Waals surface area contributed by atoms with Crippen LogP contribution in [-0.2, 0) is 11.2 Å². The van der Waals surface area contributed by atoms with Crippen LogP contribution < -0.4 is 10.6 Å². The Labute approximate surface area is 125 Å². The zero-order chi connectivity index (χ0) is 14.7. The van der Waals surface area contributed by atoms with Crippen molar-refractivity contribution in [3.8, 4) is 5.75 Å². The van der Waals surface area contributed by atoms with Crippen molar-refractivity contribution >= 4 is 5.91 Å². The second kappa shape index (κ2) is 6.48. The summed E-state index contributed by atoms with van der Waals surface area (Å²) in [6, 6.07) is 8.46. The second-order valence-electron chi connectivity index (χ2n) is 6.45. The van der Waals surface area contributed by atoms with E-state index in [1.54, 1.807) is 12.1 Å². The average molecular weight is 288 g/mol. The molecule has 1 aromatic carbocycles. The fourth-order valence-corrected chi connectivity index (χ4v) is 3.69. The summed E-state index contributed by atoms with van der Waals surface area (Å²) >= 11 is 0. The van der Waals surface area contributed by atoms with Gasteiger partial charge in [-0.2, -0.15) is 0 Å². The van der Waals surface area contributed by atoms with E-state index in [2.05, 4.69) is 10.6 Å². The Morgan fingerprint density at radius 1 is 1.19 bits per heavy atom. The summed E-state index contributed by atoms with van der Waals surface area (Å²) in [5.74, 6) is 1.01. The van der Waals surface area contributed by atoms with E-state index >= 15 is 0 Å². The van der Waals surface area contributed by atoms with E-state index in [1.807, 2.05) is 12.1 Å². The molecule has 4 nitrogen and oxygen atoms in total. The van der Waals surface area contributed by atoms with Crippen molar-refractivity contribution in [1.82, 2.24) is 10.6 Å². The minimum Gasteiger partial charge on any atom is -0.508 e. The molecule has 2 heterocycles. The third kappa shape index (κ3) is 3.97. The van der Waals surface area contributed by atoms with Gasteiger partial charge in [0.25, 0.3) is 0 Å². The van der Waals surface area contributed by atoms with Crippen molar-refractivity contribution < 1.29 is 9.90 Å². The van der Waals surface area contributed by atoms with Crippen LogP contribution in [-0.4, -0.2) is 29.6 Å². The van der Waals surface area contributed by atoms with Gasteiger partial charge in [-0.25, -0.2) is 0 Å². The minimum atomic E-state index is 0.181. The monoisotopic (exact) mass is 288 g/mol. The molecule has 0 radical (unpaired) electrons. The van der Waals surface area contributed by atoms with E-state index in [0.29, 0.717) is 31.0 Å². The number of carbonyl (C=O) groups excluding carboxylic acids is 1. The summed E-state index contributed by atoms with van der Waals surface area (Å²) < 4.78 is 0. The van der Waals surface area contributed by atoms with Crippen LogP contribution in [0.3, 0.4) is 0 Å². The van der Waals surface area contributed by atoms with Gasteiger partial charge in [0.05, 0.1) is 0 Å². The van der Waals surface area contributed by atoms with E-state index in [-0.39, 0.29) is 11.7 Å². The predicted octanol–water partition coefficient (Wildman–Crippen LogP) is 1.97. The van der Waals surface area contributed by atoms with Gasteiger partial charge in [0, 0.05) is 25.0 Å². The lowest BCUT2D eigenvalue weighted by Crippen LogP contribution is -2.39. The van der Waals surface area contributed by atoms with Crippen LogP contribution in [0.4, 0.5) is 0 Å². The molecule has 1 aromatic rings. The second-order valence-corrected chi connectivity index (χ2v) is 6.45. The quantitative estimate of drug-likeness (QED) is 0.776. The molecule has 0 spiro atoms. The Kier molecular flexibility index (Phi) is 4.44. The molecule has 114 valence electrons. The Morgan fingerprint density at radius 3 is 2.52 bits per heavy atom. The van der Waals surface area contributed by atoms with E-state index in [1.165, 1.54) is 12.8 Å². The van der Waals surface area contributed by atoms with Crippen LogP contribution in [0.15, 0.2) is 24.3 Å². The van der Waals surface area contributed by atoms with Crippen molar-refractivity contribution in [1.29, 1.82) is 0 Å². The number of phenols is 1. The van der Waals surface area contributed by atoms with Gasteiger partial charge in [-0.3, -0.25) is 4.79 Å². The molecule has 0 saturated carbocycles. The van der Waals surface area contributed by atoms with Crippen LogP contribution in [0, 0.1) is 5.92 Å². The molecule has 0 aliphatic carbocycles. The van der Waals surface area contributed by atoms with Crippen LogP contribution in [0.1, 0.15) is 37.7 Å². The maximum Gasteiger partial charge on any atom is 0.220 e. The van der Waals surface area contributed by atoms with Crippen molar-refractivity contribution in [2.75, 3.05) is 6.54 Å². The first-order valence-corrected chi connectivity index (χ1v) is 7.99. The predicted molar refractivity (Wildman–Crippen MR) is 82.1 cm³/mol. The average Bonchev–Trinajstić information content (AvgIpc) is 2.80. The number of hydrogen-bond donors (Lipinski definition) is 3. The van der Waals surface area contributed by atoms with Gasteiger partial charge in [0.15, 0.2) is 0 Å². The summed E-state index contributed by atoms with van der Waals surface area (Å²) in [5, 5.41) is 15.9. The maximum absolute atomic E-state index is 12.0. The third-order valence-electron chi connectivity index (χ3n) is 4.72. The van der Waals surface area contributed by atoms with E-state index in [4.69, 9.17) is 0 Å². The van der Waals surface area contributed by atoms with Crippen LogP contribution in [0.25, 0.3) is 0 Å². The SMILES string of the molecule is O=C(CC1CC2CCC(C1)N2)NCCc1ccc(O)cc1. The number of phenolic OH excluding ortho intramolecular Hbond substituents is 1. The van der Waals surface area contributed by atoms with Crippen LogP contribution in [0.2, 0.25) is 0 Å². The van der Waals surface area contributed by atoms with Crippen molar-refractivity contribution in [3.63, 3.8) is 0 Å². The lowest BCUT2D eigenvalue weighted by Gasteiger charge is -2.28. The van der Waals surface area contributed by atoms with E-state index in [0.717, 1.165) is 24.8 Å². The molecule has 1 amide bonds. The van der Waals surface area contributed by atoms with E-state index < -0.39 is 0 Å². The fraction of sp³-hybridized carbons (Fsp3) is 0.588. The summed E-state index contributed by atoms with van der Waals surface area (Å²) in [7, 11) is 0. The van der Waals surface area contributed by atoms with Gasteiger partial charge in [-0.1, -0.05) is 12.1 Å². The molecular weight excluding hydrogens is 264 g/mol. The van der Waals surface area contributed by atoms with Crippen molar-refractivity contribution in [3.05, 3.63) is 29.8 Å². The van der Waals surface area contributed by atoms with Gasteiger partial charge < -0.3 is 15.7 Å². The lowest BCUT2D eigenvalue weighted by molar-refractivity contribution is -0.122. The molecule has 2 aliphatic heterocycles. The highest BCUT2D eigenvalue weighted by Crippen LogP contribution is 2.32. The van der Waals surface area contributed by atoms with Crippen molar-refractivity contribution in [2.45, 2.75) is 50.6 Å². The highest BCUT2D eigenvalue weighted by atomic mass is 16.3. The molecule has 2 bridgehead atoms. The molecule has 2 aliphatic rings. The van der Waals surface area contributed by atoms with Gasteiger partial charge >= 0.3 is 0 Å². The molecule has 2 saturated heterocycles. The molecule has 4 heteroatoms. The number of carbonyl (C=O) groups is 1. The molecular formula is C17H24N2O2. The van der Waals surface area contributed by atoms with Crippen LogP contribution in [0.5, 0.6) is 5.75 Å². The normalized spacial score (nSPS) is 27.5. The number of aromatic hydroxyl groups is 1. The first kappa shape index (κ1) is 14.4. The number of nitrogens with one attached hydrogen (secondary N) is 2. The Balaban J connectivity index is 1.37. The van der Waals surface area contributed by atoms with Gasteiger partial charge in [-0.15, -0.1) is 0 Å². The molecule has 0 aromatic heterocycles. The molecule has 2 unspecified atom stereocenters. The third-order valence-corrected chi connectivity index (χ3v) is 4.72. The zero-order valence-electron chi connectivity index (χ0n) is 12.3. The Morgan fingerprint density at radius 2 is 1.86 bits per heavy atom. The molecule has 2 atom stereocenters. The molecule has 2 fully saturated rings. The van der Waals surface area contributed by atoms with Gasteiger partial charge in [0.2, 0.25) is 5.91 Å². The number of piperidine rings is 1. The summed E-state index contributed by atoms with van der Waals surface area (Å²) in [4.78, 5) is 12.0. The van der Waals surface area contributed by atoms with Crippen molar-refractivity contribution in [2.24, 2.45) is 5.92 Å². The minimum absolute atomic E-state index is 0.181. The number of rotatable bonds is 5. The summed E-state index contributed by atoms with van der Waals surface area (Å²) in [6.45, 7) is 0.668. The molecule has 3 N–H and O–H groups in total. The van der Waals surface area contributed by atoms with Gasteiger partial charge in [0.1, 0.15) is 5.75 Å². The van der Waals surface area contributed by atoms with Gasteiger partial charge in [-0.05, 0) is 55.7 Å². The topological polar surface area (TPSA) is 61.4 Å².